The van der Waals surface area contributed by atoms with Crippen molar-refractivity contribution in [2.75, 3.05) is 79.0 Å². The molecule has 0 spiro atoms. The van der Waals surface area contributed by atoms with Crippen molar-refractivity contribution in [3.63, 3.8) is 0 Å². The second-order valence-corrected chi connectivity index (χ2v) is 12.7. The third kappa shape index (κ3) is 18.7. The second kappa shape index (κ2) is 29.0. The van der Waals surface area contributed by atoms with Crippen molar-refractivity contribution in [2.45, 2.75) is 77.2 Å². The summed E-state index contributed by atoms with van der Waals surface area (Å²) in [5, 5.41) is 2.87. The number of hydrogen-bond donors (Lipinski definition) is 6. The van der Waals surface area contributed by atoms with Crippen LogP contribution in [0.5, 0.6) is 28.7 Å². The van der Waals surface area contributed by atoms with Gasteiger partial charge in [0, 0.05) is 39.1 Å². The lowest BCUT2D eigenvalue weighted by molar-refractivity contribution is -0.122. The molecule has 0 aliphatic carbocycles. The highest BCUT2D eigenvalue weighted by Crippen LogP contribution is 2.39. The molecule has 0 aromatic heterocycles. The third-order valence-corrected chi connectivity index (χ3v) is 8.01. The fraction of sp³-hybridized carbons (Fsp3) is 0.615. The summed E-state index contributed by atoms with van der Waals surface area (Å²) < 4.78 is 39.9. The van der Waals surface area contributed by atoms with E-state index in [0.717, 1.165) is 19.3 Å². The highest BCUT2D eigenvalue weighted by molar-refractivity contribution is 5.91. The molecule has 0 radical (unpaired) electrons. The molecule has 2 aromatic carbocycles. The number of amides is 1. The zero-order valence-electron chi connectivity index (χ0n) is 32.5. The molecule has 0 bridgehead atoms. The normalized spacial score (nSPS) is 11.4. The van der Waals surface area contributed by atoms with Crippen LogP contribution in [-0.2, 0) is 14.3 Å². The van der Waals surface area contributed by atoms with E-state index in [1.54, 1.807) is 6.07 Å². The third-order valence-electron chi connectivity index (χ3n) is 8.01. The first-order valence-corrected chi connectivity index (χ1v) is 19.4. The van der Waals surface area contributed by atoms with Crippen molar-refractivity contribution < 1.29 is 47.5 Å². The van der Waals surface area contributed by atoms with E-state index < -0.39 is 18.0 Å². The topological polar surface area (TPSA) is 258 Å². The number of rotatable bonds is 32. The van der Waals surface area contributed by atoms with E-state index >= 15 is 0 Å². The molecule has 2 aromatic rings. The van der Waals surface area contributed by atoms with Crippen molar-refractivity contribution in [3.05, 3.63) is 41.5 Å². The largest absolute Gasteiger partial charge is 0.488 e. The summed E-state index contributed by atoms with van der Waals surface area (Å²) in [5.41, 5.74) is 28.4. The van der Waals surface area contributed by atoms with Crippen molar-refractivity contribution in [2.24, 2.45) is 28.7 Å². The molecule has 1 unspecified atom stereocenters. The van der Waals surface area contributed by atoms with Crippen molar-refractivity contribution in [3.8, 4) is 28.7 Å². The first-order chi connectivity index (χ1) is 26.8. The summed E-state index contributed by atoms with van der Waals surface area (Å²) >= 11 is 0. The maximum Gasteiger partial charge on any atom is 0.338 e. The number of ether oxygens (including phenoxy) is 7. The van der Waals surface area contributed by atoms with E-state index in [4.69, 9.17) is 61.8 Å². The highest BCUT2D eigenvalue weighted by Gasteiger charge is 2.23. The SMILES string of the molecule is CCCCCCCCCCCC(=O)NC(COC(=O)c1ccc(OCCN)c(OCCN)c1)COC(=O)c1cc(OCCN)c(OCCN)c(OCCN)c1. The van der Waals surface area contributed by atoms with E-state index in [0.29, 0.717) is 17.9 Å². The van der Waals surface area contributed by atoms with E-state index in [9.17, 15) is 14.4 Å². The number of benzene rings is 2. The Morgan fingerprint density at radius 3 is 1.51 bits per heavy atom. The zero-order valence-corrected chi connectivity index (χ0v) is 32.5. The Kier molecular flexibility index (Phi) is 24.7. The molecule has 0 aliphatic rings. The van der Waals surface area contributed by atoms with Gasteiger partial charge in [-0.05, 0) is 36.8 Å². The molecule has 0 heterocycles. The predicted molar refractivity (Wildman–Crippen MR) is 210 cm³/mol. The smallest absolute Gasteiger partial charge is 0.338 e. The van der Waals surface area contributed by atoms with Crippen LogP contribution < -0.4 is 57.7 Å². The van der Waals surface area contributed by atoms with Gasteiger partial charge in [-0.3, -0.25) is 4.79 Å². The first kappa shape index (κ1) is 46.8. The number of nitrogens with two attached hydrogens (primary N) is 5. The van der Waals surface area contributed by atoms with Gasteiger partial charge < -0.3 is 67.1 Å². The van der Waals surface area contributed by atoms with Gasteiger partial charge in [-0.15, -0.1) is 0 Å². The number of carbonyl (C=O) groups is 3. The van der Waals surface area contributed by atoms with E-state index in [2.05, 4.69) is 12.2 Å². The number of unbranched alkanes of at least 4 members (excludes halogenated alkanes) is 8. The van der Waals surface area contributed by atoms with Crippen LogP contribution >= 0.6 is 0 Å². The van der Waals surface area contributed by atoms with Gasteiger partial charge in [0.2, 0.25) is 11.7 Å². The fourth-order valence-electron chi connectivity index (χ4n) is 5.30. The maximum absolute atomic E-state index is 13.5. The van der Waals surface area contributed by atoms with Gasteiger partial charge in [0.25, 0.3) is 0 Å². The first-order valence-electron chi connectivity index (χ1n) is 19.4. The van der Waals surface area contributed by atoms with Crippen LogP contribution in [0, 0.1) is 0 Å². The van der Waals surface area contributed by atoms with Gasteiger partial charge in [-0.25, -0.2) is 9.59 Å². The van der Waals surface area contributed by atoms with Crippen LogP contribution in [0.3, 0.4) is 0 Å². The van der Waals surface area contributed by atoms with Crippen molar-refractivity contribution in [1.82, 2.24) is 5.32 Å². The van der Waals surface area contributed by atoms with Crippen LogP contribution in [-0.4, -0.2) is 103 Å². The van der Waals surface area contributed by atoms with Gasteiger partial charge in [0.05, 0.1) is 17.2 Å². The van der Waals surface area contributed by atoms with Crippen LogP contribution in [0.2, 0.25) is 0 Å². The Hall–Kier alpha value is -4.35. The second-order valence-electron chi connectivity index (χ2n) is 12.7. The lowest BCUT2D eigenvalue weighted by Gasteiger charge is -2.20. The van der Waals surface area contributed by atoms with Gasteiger partial charge in [0.1, 0.15) is 46.2 Å². The lowest BCUT2D eigenvalue weighted by atomic mass is 10.1. The van der Waals surface area contributed by atoms with Gasteiger partial charge >= 0.3 is 11.9 Å². The van der Waals surface area contributed by atoms with E-state index in [-0.39, 0.29) is 120 Å². The molecule has 0 fully saturated rings. The van der Waals surface area contributed by atoms with Crippen molar-refractivity contribution >= 4 is 17.8 Å². The Morgan fingerprint density at radius 2 is 0.982 bits per heavy atom. The molecule has 55 heavy (non-hydrogen) atoms. The minimum absolute atomic E-state index is 0.0814. The van der Waals surface area contributed by atoms with Crippen LogP contribution in [0.15, 0.2) is 30.3 Å². The summed E-state index contributed by atoms with van der Waals surface area (Å²) in [7, 11) is 0. The minimum atomic E-state index is -0.868. The van der Waals surface area contributed by atoms with Crippen LogP contribution in [0.1, 0.15) is 91.8 Å². The Morgan fingerprint density at radius 1 is 0.545 bits per heavy atom. The van der Waals surface area contributed by atoms with Gasteiger partial charge in [0.15, 0.2) is 23.0 Å². The van der Waals surface area contributed by atoms with Crippen LogP contribution in [0.4, 0.5) is 0 Å². The average molecular weight is 777 g/mol. The Bertz CT molecular complexity index is 1370. The minimum Gasteiger partial charge on any atom is -0.488 e. The summed E-state index contributed by atoms with van der Waals surface area (Å²) in [5.74, 6) is -0.343. The summed E-state index contributed by atoms with van der Waals surface area (Å²) in [6, 6.07) is 6.61. The average Bonchev–Trinajstić information content (AvgIpc) is 3.19. The number of hydrogen-bond acceptors (Lipinski definition) is 15. The monoisotopic (exact) mass is 776 g/mol. The highest BCUT2D eigenvalue weighted by atomic mass is 16.6. The number of carbonyl (C=O) groups excluding carboxylic acids is 3. The van der Waals surface area contributed by atoms with E-state index in [1.807, 2.05) is 0 Å². The molecule has 11 N–H and O–H groups in total. The Labute approximate surface area is 325 Å². The Balaban J connectivity index is 2.20. The quantitative estimate of drug-likeness (QED) is 0.0461. The molecule has 2 rings (SSSR count). The summed E-state index contributed by atoms with van der Waals surface area (Å²) in [6.07, 6.45) is 10.2. The van der Waals surface area contributed by atoms with Crippen LogP contribution in [0.25, 0.3) is 0 Å². The molecule has 1 amide bonds. The molecule has 16 heteroatoms. The molecule has 0 saturated heterocycles. The zero-order chi connectivity index (χ0) is 40.1. The molecular weight excluding hydrogens is 712 g/mol. The van der Waals surface area contributed by atoms with E-state index in [1.165, 1.54) is 56.4 Å². The predicted octanol–water partition coefficient (Wildman–Crippen LogP) is 2.79. The molecule has 310 valence electrons. The van der Waals surface area contributed by atoms with Crippen molar-refractivity contribution in [1.29, 1.82) is 0 Å². The molecular formula is C39H64N6O10. The van der Waals surface area contributed by atoms with Gasteiger partial charge in [-0.2, -0.15) is 0 Å². The fourth-order valence-corrected chi connectivity index (χ4v) is 5.30. The molecule has 1 atom stereocenters. The lowest BCUT2D eigenvalue weighted by Crippen LogP contribution is -2.42. The summed E-state index contributed by atoms with van der Waals surface area (Å²) in [4.78, 5) is 39.7. The number of esters is 2. The molecule has 0 saturated carbocycles. The standard InChI is InChI=1S/C39H64N6O10/c1-2-3-4-5-6-7-8-9-10-11-36(46)45-31(27-54-38(47)29-12-13-32(49-19-14-40)33(24-29)50-20-15-41)28-55-39(48)30-25-34(51-21-16-42)37(53-23-18-44)35(26-30)52-22-17-43/h12-13,24-26,31H,2-11,14-23,27-28,40-44H2,1H3,(H,45,46). The summed E-state index contributed by atoms with van der Waals surface area (Å²) in [6.45, 7) is 3.65. The maximum atomic E-state index is 13.5. The number of nitrogens with one attached hydrogen (secondary N) is 1. The molecule has 16 nitrogen and oxygen atoms in total. The molecule has 0 aliphatic heterocycles. The van der Waals surface area contributed by atoms with Gasteiger partial charge in [-0.1, -0.05) is 58.3 Å².